The summed E-state index contributed by atoms with van der Waals surface area (Å²) in [5.41, 5.74) is -0.427. The maximum absolute atomic E-state index is 12.1. The fraction of sp³-hybridized carbons (Fsp3) is 0.692. The molecule has 2 aromatic rings. The molecule has 2 N–H and O–H groups in total. The smallest absolute Gasteiger partial charge is 0.124 e. The molecule has 1 aliphatic rings. The summed E-state index contributed by atoms with van der Waals surface area (Å²) < 4.78 is 0. The van der Waals surface area contributed by atoms with Crippen LogP contribution in [0.1, 0.15) is 115 Å². The molecule has 2 nitrogen and oxygen atoms in total. The quantitative estimate of drug-likeness (QED) is 0.285. The molecule has 0 unspecified atom stereocenters. The molecular weight excluding hydrogens is 408 g/mol. The van der Waals surface area contributed by atoms with Crippen LogP contribution in [0.2, 0.25) is 0 Å². The van der Waals surface area contributed by atoms with Crippen molar-refractivity contribution in [3.63, 3.8) is 0 Å². The first kappa shape index (κ1) is 24.0. The van der Waals surface area contributed by atoms with Crippen molar-refractivity contribution in [2.75, 3.05) is 0 Å². The van der Waals surface area contributed by atoms with Crippen molar-refractivity contribution < 1.29 is 10.2 Å². The van der Waals surface area contributed by atoms with Gasteiger partial charge >= 0.3 is 0 Å². The Balaban J connectivity index is 1.76. The minimum atomic E-state index is -1.18. The average Bonchev–Trinajstić information content (AvgIpc) is 3.41. The summed E-state index contributed by atoms with van der Waals surface area (Å²) in [5, 5.41) is 28.4. The highest BCUT2D eigenvalue weighted by Crippen LogP contribution is 2.58. The lowest BCUT2D eigenvalue weighted by molar-refractivity contribution is -0.176. The first-order valence-corrected chi connectivity index (χ1v) is 14.0. The Bertz CT molecular complexity index is 700. The first-order chi connectivity index (χ1) is 14.6. The second-order valence-corrected chi connectivity index (χ2v) is 10.9. The fourth-order valence-corrected chi connectivity index (χ4v) is 7.20. The minimum Gasteiger partial charge on any atom is -0.382 e. The molecular formula is C26H40O2S2. The Kier molecular flexibility index (Phi) is 9.00. The number of unbranched alkanes of at least 4 members (excludes halogenated alkanes) is 10. The molecule has 30 heavy (non-hydrogen) atoms. The first-order valence-electron chi connectivity index (χ1n) is 12.2. The van der Waals surface area contributed by atoms with Crippen LogP contribution >= 0.6 is 22.7 Å². The summed E-state index contributed by atoms with van der Waals surface area (Å²) in [6.45, 7) is 4.48. The summed E-state index contributed by atoms with van der Waals surface area (Å²) in [7, 11) is 0. The lowest BCUT2D eigenvalue weighted by atomic mass is 9.65. The average molecular weight is 449 g/mol. The van der Waals surface area contributed by atoms with Crippen LogP contribution in [-0.4, -0.2) is 10.2 Å². The van der Waals surface area contributed by atoms with E-state index in [-0.39, 0.29) is 0 Å². The van der Waals surface area contributed by atoms with Crippen molar-refractivity contribution in [1.29, 1.82) is 0 Å². The molecule has 0 aromatic carbocycles. The molecule has 2 aromatic heterocycles. The number of thiophene rings is 2. The minimum absolute atomic E-state index is 0.643. The molecule has 0 bridgehead atoms. The van der Waals surface area contributed by atoms with Crippen molar-refractivity contribution >= 4 is 22.7 Å². The predicted octanol–water partition coefficient (Wildman–Crippen LogP) is 8.37. The van der Waals surface area contributed by atoms with Gasteiger partial charge in [-0.1, -0.05) is 90.9 Å². The van der Waals surface area contributed by atoms with E-state index in [2.05, 4.69) is 36.7 Å². The van der Waals surface area contributed by atoms with Crippen LogP contribution in [0.25, 0.3) is 9.75 Å². The topological polar surface area (TPSA) is 40.5 Å². The lowest BCUT2D eigenvalue weighted by Gasteiger charge is -2.47. The standard InChI is InChI=1S/C26H40O2S2/c1-3-5-7-9-11-13-17-25(27)21-15-19-29-23(21)24-22(16-20-30-24)26(25,28)18-14-12-10-8-6-4-2/h15-16,19-20,27-28H,3-14,17-18H2,1-2H3/t25-,26-/m1/s1. The van der Waals surface area contributed by atoms with Crippen LogP contribution in [0.4, 0.5) is 0 Å². The predicted molar refractivity (Wildman–Crippen MR) is 131 cm³/mol. The van der Waals surface area contributed by atoms with Gasteiger partial charge in [0.25, 0.3) is 0 Å². The third-order valence-corrected chi connectivity index (χ3v) is 8.89. The van der Waals surface area contributed by atoms with Gasteiger partial charge in [-0.15, -0.1) is 22.7 Å². The maximum atomic E-state index is 12.1. The SMILES string of the molecule is CCCCCCCC[C@@]1(O)c2ccsc2-c2sccc2[C@]1(O)CCCCCCCC. The van der Waals surface area contributed by atoms with Crippen molar-refractivity contribution in [2.45, 2.75) is 115 Å². The molecule has 1 aliphatic carbocycles. The lowest BCUT2D eigenvalue weighted by Crippen LogP contribution is -2.51. The van der Waals surface area contributed by atoms with Crippen molar-refractivity contribution in [3.8, 4) is 9.75 Å². The van der Waals surface area contributed by atoms with Gasteiger partial charge in [-0.25, -0.2) is 0 Å². The van der Waals surface area contributed by atoms with E-state index in [0.717, 1.165) is 36.8 Å². The second-order valence-electron chi connectivity index (χ2n) is 9.08. The molecule has 0 aliphatic heterocycles. The summed E-state index contributed by atoms with van der Waals surface area (Å²) in [6, 6.07) is 4.12. The van der Waals surface area contributed by atoms with E-state index in [0.29, 0.717) is 12.8 Å². The molecule has 2 atom stereocenters. The molecule has 4 heteroatoms. The van der Waals surface area contributed by atoms with E-state index in [9.17, 15) is 10.2 Å². The molecule has 168 valence electrons. The third kappa shape index (κ3) is 4.87. The summed E-state index contributed by atoms with van der Waals surface area (Å²) >= 11 is 3.41. The van der Waals surface area contributed by atoms with Crippen molar-refractivity contribution in [3.05, 3.63) is 34.0 Å². The molecule has 0 radical (unpaired) electrons. The fourth-order valence-electron chi connectivity index (χ4n) is 5.07. The highest BCUT2D eigenvalue weighted by atomic mass is 32.1. The van der Waals surface area contributed by atoms with E-state index in [1.54, 1.807) is 22.7 Å². The van der Waals surface area contributed by atoms with Crippen molar-refractivity contribution in [1.82, 2.24) is 0 Å². The van der Waals surface area contributed by atoms with Gasteiger partial charge in [-0.3, -0.25) is 0 Å². The van der Waals surface area contributed by atoms with Gasteiger partial charge in [-0.05, 0) is 35.7 Å². The van der Waals surface area contributed by atoms with Gasteiger partial charge in [0.1, 0.15) is 11.2 Å². The Morgan fingerprint density at radius 3 is 1.37 bits per heavy atom. The number of hydrogen-bond acceptors (Lipinski definition) is 4. The van der Waals surface area contributed by atoms with Gasteiger partial charge < -0.3 is 10.2 Å². The Labute approximate surface area is 191 Å². The van der Waals surface area contributed by atoms with Gasteiger partial charge in [0, 0.05) is 11.1 Å². The monoisotopic (exact) mass is 448 g/mol. The molecule has 3 rings (SSSR count). The van der Waals surface area contributed by atoms with Crippen LogP contribution in [0.15, 0.2) is 22.9 Å². The third-order valence-electron chi connectivity index (χ3n) is 6.90. The van der Waals surface area contributed by atoms with Crippen molar-refractivity contribution in [2.24, 2.45) is 0 Å². The normalized spacial score (nSPS) is 22.8. The molecule has 0 fully saturated rings. The number of rotatable bonds is 14. The zero-order valence-corrected chi connectivity index (χ0v) is 20.6. The van der Waals surface area contributed by atoms with Crippen LogP contribution in [0, 0.1) is 0 Å². The van der Waals surface area contributed by atoms with E-state index in [1.807, 2.05) is 0 Å². The molecule has 0 saturated carbocycles. The highest BCUT2D eigenvalue weighted by molar-refractivity contribution is 7.20. The molecule has 0 spiro atoms. The van der Waals surface area contributed by atoms with Crippen LogP contribution in [0.3, 0.4) is 0 Å². The second kappa shape index (κ2) is 11.3. The van der Waals surface area contributed by atoms with E-state index >= 15 is 0 Å². The summed E-state index contributed by atoms with van der Waals surface area (Å²) in [4.78, 5) is 2.34. The van der Waals surface area contributed by atoms with Gasteiger partial charge in [-0.2, -0.15) is 0 Å². The zero-order valence-electron chi connectivity index (χ0n) is 18.9. The van der Waals surface area contributed by atoms with E-state index < -0.39 is 11.2 Å². The summed E-state index contributed by atoms with van der Waals surface area (Å²) in [6.07, 6.45) is 15.6. The van der Waals surface area contributed by atoms with Crippen LogP contribution in [0.5, 0.6) is 0 Å². The van der Waals surface area contributed by atoms with E-state index in [1.165, 1.54) is 61.1 Å². The van der Waals surface area contributed by atoms with E-state index in [4.69, 9.17) is 0 Å². The number of aliphatic hydroxyl groups is 2. The molecule has 0 saturated heterocycles. The Morgan fingerprint density at radius 2 is 0.967 bits per heavy atom. The van der Waals surface area contributed by atoms with Gasteiger partial charge in [0.15, 0.2) is 0 Å². The Morgan fingerprint density at radius 1 is 0.600 bits per heavy atom. The van der Waals surface area contributed by atoms with Gasteiger partial charge in [0.2, 0.25) is 0 Å². The molecule has 2 heterocycles. The molecule has 0 amide bonds. The van der Waals surface area contributed by atoms with Gasteiger partial charge in [0.05, 0.1) is 9.75 Å². The maximum Gasteiger partial charge on any atom is 0.124 e. The number of hydrogen-bond donors (Lipinski definition) is 2. The van der Waals surface area contributed by atoms with Crippen LogP contribution < -0.4 is 0 Å². The summed E-state index contributed by atoms with van der Waals surface area (Å²) in [5.74, 6) is 0. The zero-order chi connectivity index (χ0) is 21.5. The number of fused-ring (bicyclic) bond motifs is 3. The largest absolute Gasteiger partial charge is 0.382 e. The van der Waals surface area contributed by atoms with Crippen LogP contribution in [-0.2, 0) is 11.2 Å². The highest BCUT2D eigenvalue weighted by Gasteiger charge is 2.56. The Hall–Kier alpha value is -0.680.